The summed E-state index contributed by atoms with van der Waals surface area (Å²) in [5.41, 5.74) is 0.789. The highest BCUT2D eigenvalue weighted by molar-refractivity contribution is 7.14. The monoisotopic (exact) mass is 397 g/mol. The molecule has 1 amide bonds. The molecule has 0 unspecified atom stereocenters. The maximum absolute atomic E-state index is 14.3. The van der Waals surface area contributed by atoms with E-state index >= 15 is 0 Å². The SMILES string of the molecule is CCCNC(=O)COc1c(-c2csc(N3CCOCC3)n2)ccc(F)c1F. The normalized spacial score (nSPS) is 14.3. The Morgan fingerprint density at radius 1 is 1.37 bits per heavy atom. The summed E-state index contributed by atoms with van der Waals surface area (Å²) in [7, 11) is 0. The van der Waals surface area contributed by atoms with Crippen molar-refractivity contribution in [3.05, 3.63) is 29.1 Å². The predicted molar refractivity (Wildman–Crippen MR) is 99.3 cm³/mol. The Labute approximate surface area is 160 Å². The summed E-state index contributed by atoms with van der Waals surface area (Å²) < 4.78 is 38.7. The molecule has 0 radical (unpaired) electrons. The van der Waals surface area contributed by atoms with Crippen LogP contribution >= 0.6 is 11.3 Å². The third-order valence-corrected chi connectivity index (χ3v) is 4.92. The van der Waals surface area contributed by atoms with Crippen molar-refractivity contribution in [2.45, 2.75) is 13.3 Å². The summed E-state index contributed by atoms with van der Waals surface area (Å²) in [5.74, 6) is -2.86. The first-order valence-electron chi connectivity index (χ1n) is 8.76. The van der Waals surface area contributed by atoms with Gasteiger partial charge in [-0.2, -0.15) is 4.39 Å². The Morgan fingerprint density at radius 3 is 2.89 bits per heavy atom. The minimum Gasteiger partial charge on any atom is -0.480 e. The van der Waals surface area contributed by atoms with E-state index in [1.807, 2.05) is 6.92 Å². The second-order valence-corrected chi connectivity index (χ2v) is 6.83. The molecule has 1 aromatic carbocycles. The van der Waals surface area contributed by atoms with Crippen molar-refractivity contribution in [3.8, 4) is 17.0 Å². The Kier molecular flexibility index (Phi) is 6.57. The molecule has 0 bridgehead atoms. The van der Waals surface area contributed by atoms with Crippen LogP contribution in [0.25, 0.3) is 11.3 Å². The number of amides is 1. The van der Waals surface area contributed by atoms with Gasteiger partial charge in [0.2, 0.25) is 5.82 Å². The maximum atomic E-state index is 14.3. The van der Waals surface area contributed by atoms with Crippen LogP contribution in [0.2, 0.25) is 0 Å². The van der Waals surface area contributed by atoms with E-state index in [9.17, 15) is 13.6 Å². The largest absolute Gasteiger partial charge is 0.480 e. The molecule has 1 N–H and O–H groups in total. The number of carbonyl (C=O) groups is 1. The van der Waals surface area contributed by atoms with E-state index in [-0.39, 0.29) is 5.75 Å². The number of hydrogen-bond acceptors (Lipinski definition) is 6. The quantitative estimate of drug-likeness (QED) is 0.779. The van der Waals surface area contributed by atoms with Gasteiger partial charge < -0.3 is 19.7 Å². The van der Waals surface area contributed by atoms with Crippen LogP contribution in [-0.4, -0.2) is 50.3 Å². The maximum Gasteiger partial charge on any atom is 0.257 e. The summed E-state index contributed by atoms with van der Waals surface area (Å²) in [6.45, 7) is 4.73. The molecule has 0 atom stereocenters. The zero-order valence-electron chi connectivity index (χ0n) is 15.0. The van der Waals surface area contributed by atoms with Gasteiger partial charge in [0.25, 0.3) is 5.91 Å². The molecule has 6 nitrogen and oxygen atoms in total. The van der Waals surface area contributed by atoms with Crippen LogP contribution in [0.3, 0.4) is 0 Å². The van der Waals surface area contributed by atoms with Crippen molar-refractivity contribution in [2.75, 3.05) is 44.4 Å². The second kappa shape index (κ2) is 9.09. The molecule has 1 aliphatic heterocycles. The molecule has 1 fully saturated rings. The fourth-order valence-corrected chi connectivity index (χ4v) is 3.50. The number of carbonyl (C=O) groups excluding carboxylic acids is 1. The highest BCUT2D eigenvalue weighted by Crippen LogP contribution is 2.36. The van der Waals surface area contributed by atoms with E-state index in [1.54, 1.807) is 5.38 Å². The van der Waals surface area contributed by atoms with Crippen LogP contribution in [0, 0.1) is 11.6 Å². The molecular formula is C18H21F2N3O3S. The van der Waals surface area contributed by atoms with Crippen molar-refractivity contribution < 1.29 is 23.0 Å². The van der Waals surface area contributed by atoms with E-state index in [1.165, 1.54) is 17.4 Å². The minimum atomic E-state index is -1.13. The number of nitrogens with one attached hydrogen (secondary N) is 1. The van der Waals surface area contributed by atoms with Crippen molar-refractivity contribution in [2.24, 2.45) is 0 Å². The molecule has 0 spiro atoms. The van der Waals surface area contributed by atoms with Gasteiger partial charge in [-0.15, -0.1) is 11.3 Å². The van der Waals surface area contributed by atoms with Gasteiger partial charge in [-0.3, -0.25) is 4.79 Å². The molecule has 1 saturated heterocycles. The molecule has 2 aromatic rings. The average molecular weight is 397 g/mol. The summed E-state index contributed by atoms with van der Waals surface area (Å²) in [4.78, 5) is 18.4. The lowest BCUT2D eigenvalue weighted by molar-refractivity contribution is -0.123. The van der Waals surface area contributed by atoms with Crippen molar-refractivity contribution in [1.29, 1.82) is 0 Å². The lowest BCUT2D eigenvalue weighted by Gasteiger charge is -2.26. The van der Waals surface area contributed by atoms with E-state index in [0.29, 0.717) is 31.0 Å². The van der Waals surface area contributed by atoms with Crippen LogP contribution in [0.5, 0.6) is 5.75 Å². The van der Waals surface area contributed by atoms with Crippen molar-refractivity contribution in [3.63, 3.8) is 0 Å². The number of morpholine rings is 1. The van der Waals surface area contributed by atoms with Gasteiger partial charge in [-0.25, -0.2) is 9.37 Å². The van der Waals surface area contributed by atoms with Crippen LogP contribution in [-0.2, 0) is 9.53 Å². The number of halogens is 2. The zero-order chi connectivity index (χ0) is 19.2. The number of nitrogens with zero attached hydrogens (tertiary/aromatic N) is 2. The molecule has 3 rings (SSSR count). The lowest BCUT2D eigenvalue weighted by Crippen LogP contribution is -2.36. The van der Waals surface area contributed by atoms with Gasteiger partial charge in [0.15, 0.2) is 23.3 Å². The molecule has 1 aromatic heterocycles. The predicted octanol–water partition coefficient (Wildman–Crippen LogP) is 2.83. The van der Waals surface area contributed by atoms with E-state index < -0.39 is 24.1 Å². The molecule has 9 heteroatoms. The summed E-state index contributed by atoms with van der Waals surface area (Å²) >= 11 is 1.41. The van der Waals surface area contributed by atoms with E-state index in [0.717, 1.165) is 30.7 Å². The fourth-order valence-electron chi connectivity index (χ4n) is 2.62. The molecule has 146 valence electrons. The minimum absolute atomic E-state index is 0.305. The Morgan fingerprint density at radius 2 is 2.15 bits per heavy atom. The molecule has 1 aliphatic rings. The molecule has 0 saturated carbocycles. The number of benzene rings is 1. The third kappa shape index (κ3) is 4.72. The summed E-state index contributed by atoms with van der Waals surface area (Å²) in [6.07, 6.45) is 0.772. The molecular weight excluding hydrogens is 376 g/mol. The Balaban J connectivity index is 1.81. The van der Waals surface area contributed by atoms with Gasteiger partial charge >= 0.3 is 0 Å². The number of thiazole rings is 1. The molecule has 0 aliphatic carbocycles. The van der Waals surface area contributed by atoms with Crippen LogP contribution in [0.1, 0.15) is 13.3 Å². The lowest BCUT2D eigenvalue weighted by atomic mass is 10.1. The van der Waals surface area contributed by atoms with Crippen molar-refractivity contribution >= 4 is 22.4 Å². The van der Waals surface area contributed by atoms with Gasteiger partial charge in [-0.05, 0) is 18.6 Å². The van der Waals surface area contributed by atoms with Crippen LogP contribution in [0.15, 0.2) is 17.5 Å². The average Bonchev–Trinajstić information content (AvgIpc) is 3.18. The first-order valence-corrected chi connectivity index (χ1v) is 9.64. The van der Waals surface area contributed by atoms with Gasteiger partial charge in [0, 0.05) is 30.6 Å². The summed E-state index contributed by atoms with van der Waals surface area (Å²) in [5, 5.41) is 5.18. The highest BCUT2D eigenvalue weighted by atomic mass is 32.1. The standard InChI is InChI=1S/C18H21F2N3O3S/c1-2-5-21-15(24)10-26-17-12(3-4-13(19)16(17)20)14-11-27-18(22-14)23-6-8-25-9-7-23/h3-4,11H,2,5-10H2,1H3,(H,21,24). The highest BCUT2D eigenvalue weighted by Gasteiger charge is 2.21. The van der Waals surface area contributed by atoms with E-state index in [4.69, 9.17) is 9.47 Å². The first kappa shape index (κ1) is 19.5. The van der Waals surface area contributed by atoms with Gasteiger partial charge in [0.1, 0.15) is 0 Å². The number of rotatable bonds is 7. The van der Waals surface area contributed by atoms with Crippen LogP contribution < -0.4 is 15.0 Å². The molecule has 27 heavy (non-hydrogen) atoms. The number of aromatic nitrogens is 1. The van der Waals surface area contributed by atoms with Gasteiger partial charge in [-0.1, -0.05) is 6.92 Å². The topological polar surface area (TPSA) is 63.7 Å². The Bertz CT molecular complexity index is 794. The van der Waals surface area contributed by atoms with Crippen LogP contribution in [0.4, 0.5) is 13.9 Å². The van der Waals surface area contributed by atoms with Crippen molar-refractivity contribution in [1.82, 2.24) is 10.3 Å². The summed E-state index contributed by atoms with van der Waals surface area (Å²) in [6, 6.07) is 2.44. The Hall–Kier alpha value is -2.26. The smallest absolute Gasteiger partial charge is 0.257 e. The van der Waals surface area contributed by atoms with Gasteiger partial charge in [0.05, 0.1) is 18.9 Å². The third-order valence-electron chi connectivity index (χ3n) is 4.02. The fraction of sp³-hybridized carbons (Fsp3) is 0.444. The second-order valence-electron chi connectivity index (χ2n) is 5.99. The zero-order valence-corrected chi connectivity index (χ0v) is 15.8. The number of ether oxygens (including phenoxy) is 2. The first-order chi connectivity index (χ1) is 13.1. The number of hydrogen-bond donors (Lipinski definition) is 1. The molecule has 2 heterocycles. The number of anilines is 1. The van der Waals surface area contributed by atoms with E-state index in [2.05, 4.69) is 15.2 Å².